The van der Waals surface area contributed by atoms with Crippen molar-refractivity contribution in [3.8, 4) is 5.88 Å². The van der Waals surface area contributed by atoms with Gasteiger partial charge in [-0.1, -0.05) is 12.8 Å². The van der Waals surface area contributed by atoms with Gasteiger partial charge in [0.25, 0.3) is 0 Å². The second-order valence-electron chi connectivity index (χ2n) is 4.79. The molecule has 2 atom stereocenters. The van der Waals surface area contributed by atoms with Crippen LogP contribution in [-0.2, 0) is 0 Å². The Hall–Kier alpha value is -1.16. The minimum Gasteiger partial charge on any atom is -0.477 e. The maximum absolute atomic E-state index is 5.81. The second-order valence-corrected chi connectivity index (χ2v) is 4.79. The quantitative estimate of drug-likeness (QED) is 0.866. The number of aryl methyl sites for hydroxylation is 1. The van der Waals surface area contributed by atoms with Gasteiger partial charge in [-0.05, 0) is 38.1 Å². The SMILES string of the molecule is Cc1nccc(OCC2CCCCC2CN)n1. The first-order valence-electron chi connectivity index (χ1n) is 6.42. The van der Waals surface area contributed by atoms with Crippen LogP contribution < -0.4 is 10.5 Å². The number of rotatable bonds is 4. The van der Waals surface area contributed by atoms with Crippen molar-refractivity contribution in [2.75, 3.05) is 13.2 Å². The first kappa shape index (κ1) is 12.3. The zero-order valence-corrected chi connectivity index (χ0v) is 10.4. The smallest absolute Gasteiger partial charge is 0.216 e. The summed E-state index contributed by atoms with van der Waals surface area (Å²) in [5.74, 6) is 2.64. The van der Waals surface area contributed by atoms with Gasteiger partial charge in [-0.15, -0.1) is 0 Å². The molecular weight excluding hydrogens is 214 g/mol. The maximum atomic E-state index is 5.81. The Bertz CT molecular complexity index is 356. The standard InChI is InChI=1S/C13H21N3O/c1-10-15-7-6-13(16-10)17-9-12-5-3-2-4-11(12)8-14/h6-7,11-12H,2-5,8-9,14H2,1H3. The van der Waals surface area contributed by atoms with Gasteiger partial charge >= 0.3 is 0 Å². The van der Waals surface area contributed by atoms with Crippen molar-refractivity contribution in [2.24, 2.45) is 17.6 Å². The number of aromatic nitrogens is 2. The van der Waals surface area contributed by atoms with Crippen molar-refractivity contribution in [3.63, 3.8) is 0 Å². The lowest BCUT2D eigenvalue weighted by atomic mass is 9.80. The van der Waals surface area contributed by atoms with Crippen LogP contribution in [0.5, 0.6) is 5.88 Å². The Morgan fingerprint density at radius 3 is 2.82 bits per heavy atom. The van der Waals surface area contributed by atoms with Crippen LogP contribution in [0.25, 0.3) is 0 Å². The van der Waals surface area contributed by atoms with Gasteiger partial charge < -0.3 is 10.5 Å². The molecule has 0 bridgehead atoms. The summed E-state index contributed by atoms with van der Waals surface area (Å²) < 4.78 is 5.75. The molecule has 1 aliphatic rings. The van der Waals surface area contributed by atoms with E-state index in [1.165, 1.54) is 25.7 Å². The fourth-order valence-electron chi connectivity index (χ4n) is 2.52. The molecule has 17 heavy (non-hydrogen) atoms. The van der Waals surface area contributed by atoms with E-state index in [9.17, 15) is 0 Å². The summed E-state index contributed by atoms with van der Waals surface area (Å²) in [6.45, 7) is 3.38. The van der Waals surface area contributed by atoms with Crippen LogP contribution in [-0.4, -0.2) is 23.1 Å². The van der Waals surface area contributed by atoms with Crippen LogP contribution in [0.2, 0.25) is 0 Å². The van der Waals surface area contributed by atoms with Crippen LogP contribution in [0.1, 0.15) is 31.5 Å². The predicted molar refractivity (Wildman–Crippen MR) is 66.8 cm³/mol. The minimum atomic E-state index is 0.587. The molecule has 0 saturated heterocycles. The molecule has 1 fully saturated rings. The highest BCUT2D eigenvalue weighted by atomic mass is 16.5. The summed E-state index contributed by atoms with van der Waals surface area (Å²) in [6.07, 6.45) is 6.82. The van der Waals surface area contributed by atoms with Crippen LogP contribution in [0.3, 0.4) is 0 Å². The lowest BCUT2D eigenvalue weighted by molar-refractivity contribution is 0.149. The Morgan fingerprint density at radius 1 is 1.35 bits per heavy atom. The molecule has 0 aromatic carbocycles. The Balaban J connectivity index is 1.88. The zero-order valence-electron chi connectivity index (χ0n) is 10.4. The van der Waals surface area contributed by atoms with E-state index in [2.05, 4.69) is 9.97 Å². The molecule has 1 aromatic rings. The highest BCUT2D eigenvalue weighted by Gasteiger charge is 2.24. The molecule has 2 unspecified atom stereocenters. The Kier molecular flexibility index (Phi) is 4.31. The normalized spacial score (nSPS) is 24.6. The first-order valence-corrected chi connectivity index (χ1v) is 6.42. The van der Waals surface area contributed by atoms with Gasteiger partial charge in [-0.25, -0.2) is 4.98 Å². The van der Waals surface area contributed by atoms with Crippen LogP contribution in [0.15, 0.2) is 12.3 Å². The van der Waals surface area contributed by atoms with E-state index in [4.69, 9.17) is 10.5 Å². The zero-order chi connectivity index (χ0) is 12.1. The van der Waals surface area contributed by atoms with Gasteiger partial charge in [0.2, 0.25) is 5.88 Å². The van der Waals surface area contributed by atoms with E-state index in [1.807, 2.05) is 13.0 Å². The summed E-state index contributed by atoms with van der Waals surface area (Å²) in [7, 11) is 0. The average molecular weight is 235 g/mol. The molecule has 4 heteroatoms. The van der Waals surface area contributed by atoms with Crippen LogP contribution in [0.4, 0.5) is 0 Å². The molecule has 94 valence electrons. The van der Waals surface area contributed by atoms with E-state index in [-0.39, 0.29) is 0 Å². The van der Waals surface area contributed by atoms with Gasteiger partial charge in [0.15, 0.2) is 0 Å². The summed E-state index contributed by atoms with van der Waals surface area (Å²) in [5.41, 5.74) is 5.81. The molecule has 1 saturated carbocycles. The van der Waals surface area contributed by atoms with Crippen molar-refractivity contribution in [2.45, 2.75) is 32.6 Å². The Morgan fingerprint density at radius 2 is 2.12 bits per heavy atom. The number of hydrogen-bond acceptors (Lipinski definition) is 4. The summed E-state index contributed by atoms with van der Waals surface area (Å²) in [6, 6.07) is 1.81. The van der Waals surface area contributed by atoms with E-state index in [1.54, 1.807) is 6.20 Å². The number of ether oxygens (including phenoxy) is 1. The van der Waals surface area contributed by atoms with Crippen LogP contribution >= 0.6 is 0 Å². The molecule has 2 N–H and O–H groups in total. The highest BCUT2D eigenvalue weighted by molar-refractivity contribution is 5.07. The summed E-state index contributed by atoms with van der Waals surface area (Å²) in [5, 5.41) is 0. The number of nitrogens with zero attached hydrogens (tertiary/aromatic N) is 2. The second kappa shape index (κ2) is 5.96. The average Bonchev–Trinajstić information content (AvgIpc) is 2.37. The van der Waals surface area contributed by atoms with Gasteiger partial charge in [0, 0.05) is 12.3 Å². The molecule has 1 aliphatic carbocycles. The van der Waals surface area contributed by atoms with Gasteiger partial charge in [-0.3, -0.25) is 0 Å². The predicted octanol–water partition coefficient (Wildman–Crippen LogP) is 1.93. The lowest BCUT2D eigenvalue weighted by Crippen LogP contribution is -2.30. The lowest BCUT2D eigenvalue weighted by Gasteiger charge is -2.30. The van der Waals surface area contributed by atoms with Gasteiger partial charge in [0.1, 0.15) is 5.82 Å². The molecule has 4 nitrogen and oxygen atoms in total. The third-order valence-electron chi connectivity index (χ3n) is 3.57. The largest absolute Gasteiger partial charge is 0.477 e. The molecule has 2 rings (SSSR count). The summed E-state index contributed by atoms with van der Waals surface area (Å²) >= 11 is 0. The molecule has 1 heterocycles. The number of nitrogens with two attached hydrogens (primary N) is 1. The van der Waals surface area contributed by atoms with Crippen molar-refractivity contribution in [1.29, 1.82) is 0 Å². The van der Waals surface area contributed by atoms with Crippen LogP contribution in [0, 0.1) is 18.8 Å². The fraction of sp³-hybridized carbons (Fsp3) is 0.692. The molecule has 0 radical (unpaired) electrons. The third-order valence-corrected chi connectivity index (χ3v) is 3.57. The molecule has 0 aliphatic heterocycles. The first-order chi connectivity index (χ1) is 8.29. The van der Waals surface area contributed by atoms with Gasteiger partial charge in [0.05, 0.1) is 6.61 Å². The maximum Gasteiger partial charge on any atom is 0.216 e. The van der Waals surface area contributed by atoms with E-state index in [0.29, 0.717) is 17.7 Å². The highest BCUT2D eigenvalue weighted by Crippen LogP contribution is 2.29. The van der Waals surface area contributed by atoms with Crippen molar-refractivity contribution < 1.29 is 4.74 Å². The fourth-order valence-corrected chi connectivity index (χ4v) is 2.52. The van der Waals surface area contributed by atoms with E-state index >= 15 is 0 Å². The van der Waals surface area contributed by atoms with Crippen molar-refractivity contribution in [1.82, 2.24) is 9.97 Å². The molecule has 0 spiro atoms. The van der Waals surface area contributed by atoms with Crippen molar-refractivity contribution >= 4 is 0 Å². The molecule has 1 aromatic heterocycles. The van der Waals surface area contributed by atoms with Crippen molar-refractivity contribution in [3.05, 3.63) is 18.1 Å². The van der Waals surface area contributed by atoms with E-state index in [0.717, 1.165) is 19.0 Å². The Labute approximate surface area is 103 Å². The third kappa shape index (κ3) is 3.40. The topological polar surface area (TPSA) is 61.0 Å². The van der Waals surface area contributed by atoms with E-state index < -0.39 is 0 Å². The molecular formula is C13H21N3O. The number of hydrogen-bond donors (Lipinski definition) is 1. The van der Waals surface area contributed by atoms with Gasteiger partial charge in [-0.2, -0.15) is 4.98 Å². The summed E-state index contributed by atoms with van der Waals surface area (Å²) in [4.78, 5) is 8.30. The monoisotopic (exact) mass is 235 g/mol. The molecule has 0 amide bonds. The minimum absolute atomic E-state index is 0.587.